The fourth-order valence-electron chi connectivity index (χ4n) is 3.20. The number of fused-ring (bicyclic) bond motifs is 1. The van der Waals surface area contributed by atoms with E-state index in [0.717, 1.165) is 27.8 Å². The molecule has 6 nitrogen and oxygen atoms in total. The highest BCUT2D eigenvalue weighted by molar-refractivity contribution is 5.93. The fraction of sp³-hybridized carbons (Fsp3) is 0.174. The van der Waals surface area contributed by atoms with Gasteiger partial charge in [0.2, 0.25) is 0 Å². The molecule has 0 atom stereocenters. The SMILES string of the molecule is Cc1ccc(-n2nnc(C(=O)NCCOc3cccc4ccccc34)c2C)cc1. The standard InChI is InChI=1S/C23H22N4O2/c1-16-10-12-19(13-11-16)27-17(2)22(25-26-27)23(28)24-14-15-29-21-9-5-7-18-6-3-4-8-20(18)21/h3-13H,14-15H2,1-2H3,(H,24,28). The van der Waals surface area contributed by atoms with Crippen LogP contribution in [0.25, 0.3) is 16.5 Å². The highest BCUT2D eigenvalue weighted by Gasteiger charge is 2.17. The molecule has 0 aliphatic heterocycles. The Morgan fingerprint density at radius 1 is 1.00 bits per heavy atom. The predicted molar refractivity (Wildman–Crippen MR) is 113 cm³/mol. The summed E-state index contributed by atoms with van der Waals surface area (Å²) in [5.74, 6) is 0.543. The average Bonchev–Trinajstić information content (AvgIpc) is 3.13. The van der Waals surface area contributed by atoms with E-state index in [2.05, 4.69) is 15.6 Å². The summed E-state index contributed by atoms with van der Waals surface area (Å²) in [5.41, 5.74) is 3.05. The number of aryl methyl sites for hydroxylation is 1. The van der Waals surface area contributed by atoms with Crippen molar-refractivity contribution in [3.63, 3.8) is 0 Å². The van der Waals surface area contributed by atoms with Gasteiger partial charge in [0.1, 0.15) is 12.4 Å². The largest absolute Gasteiger partial charge is 0.491 e. The minimum atomic E-state index is -0.262. The molecule has 1 amide bonds. The fourth-order valence-corrected chi connectivity index (χ4v) is 3.20. The van der Waals surface area contributed by atoms with Crippen molar-refractivity contribution in [1.82, 2.24) is 20.3 Å². The van der Waals surface area contributed by atoms with Gasteiger partial charge in [-0.1, -0.05) is 59.3 Å². The second-order valence-electron chi connectivity index (χ2n) is 6.85. The molecular formula is C23H22N4O2. The Morgan fingerprint density at radius 2 is 1.76 bits per heavy atom. The molecule has 29 heavy (non-hydrogen) atoms. The number of nitrogens with zero attached hydrogens (tertiary/aromatic N) is 3. The average molecular weight is 386 g/mol. The lowest BCUT2D eigenvalue weighted by Crippen LogP contribution is -2.29. The quantitative estimate of drug-likeness (QED) is 0.511. The lowest BCUT2D eigenvalue weighted by Gasteiger charge is -2.10. The van der Waals surface area contributed by atoms with Crippen LogP contribution in [-0.4, -0.2) is 34.1 Å². The smallest absolute Gasteiger partial charge is 0.273 e. The van der Waals surface area contributed by atoms with E-state index in [0.29, 0.717) is 24.5 Å². The number of aromatic nitrogens is 3. The van der Waals surface area contributed by atoms with Crippen LogP contribution < -0.4 is 10.1 Å². The number of hydrogen-bond donors (Lipinski definition) is 1. The lowest BCUT2D eigenvalue weighted by molar-refractivity contribution is 0.0941. The number of benzene rings is 3. The van der Waals surface area contributed by atoms with Gasteiger partial charge in [0, 0.05) is 5.39 Å². The van der Waals surface area contributed by atoms with Crippen LogP contribution in [0, 0.1) is 13.8 Å². The molecule has 0 bridgehead atoms. The Kier molecular flexibility index (Phi) is 5.24. The van der Waals surface area contributed by atoms with Crippen molar-refractivity contribution in [3.8, 4) is 11.4 Å². The molecule has 4 rings (SSSR count). The molecule has 0 fully saturated rings. The van der Waals surface area contributed by atoms with E-state index in [4.69, 9.17) is 4.74 Å². The molecule has 0 aliphatic carbocycles. The number of hydrogen-bond acceptors (Lipinski definition) is 4. The molecule has 1 N–H and O–H groups in total. The van der Waals surface area contributed by atoms with Gasteiger partial charge in [-0.3, -0.25) is 4.79 Å². The molecule has 0 radical (unpaired) electrons. The van der Waals surface area contributed by atoms with Gasteiger partial charge in [-0.2, -0.15) is 0 Å². The van der Waals surface area contributed by atoms with Crippen LogP contribution in [0.5, 0.6) is 5.75 Å². The third kappa shape index (κ3) is 3.96. The second-order valence-corrected chi connectivity index (χ2v) is 6.85. The Balaban J connectivity index is 1.37. The maximum atomic E-state index is 12.5. The third-order valence-corrected chi connectivity index (χ3v) is 4.78. The number of rotatable bonds is 6. The van der Waals surface area contributed by atoms with Gasteiger partial charge in [0.05, 0.1) is 17.9 Å². The van der Waals surface area contributed by atoms with Gasteiger partial charge in [-0.05, 0) is 37.4 Å². The summed E-state index contributed by atoms with van der Waals surface area (Å²) < 4.78 is 7.53. The van der Waals surface area contributed by atoms with Crippen LogP contribution in [0.15, 0.2) is 66.7 Å². The number of nitrogens with one attached hydrogen (secondary N) is 1. The summed E-state index contributed by atoms with van der Waals surface area (Å²) in [5, 5.41) is 13.2. The monoisotopic (exact) mass is 386 g/mol. The van der Waals surface area contributed by atoms with Gasteiger partial charge in [0.15, 0.2) is 5.69 Å². The number of amides is 1. The van der Waals surface area contributed by atoms with Crippen LogP contribution in [0.2, 0.25) is 0 Å². The second kappa shape index (κ2) is 8.14. The lowest BCUT2D eigenvalue weighted by atomic mass is 10.1. The first-order valence-electron chi connectivity index (χ1n) is 9.51. The maximum Gasteiger partial charge on any atom is 0.273 e. The van der Waals surface area contributed by atoms with Crippen LogP contribution in [0.1, 0.15) is 21.7 Å². The summed E-state index contributed by atoms with van der Waals surface area (Å²) in [7, 11) is 0. The van der Waals surface area contributed by atoms with Gasteiger partial charge < -0.3 is 10.1 Å². The molecule has 146 valence electrons. The summed E-state index contributed by atoms with van der Waals surface area (Å²) in [4.78, 5) is 12.5. The molecule has 3 aromatic carbocycles. The summed E-state index contributed by atoms with van der Waals surface area (Å²) in [6.07, 6.45) is 0. The molecule has 1 aromatic heterocycles. The van der Waals surface area contributed by atoms with Gasteiger partial charge in [-0.15, -0.1) is 5.10 Å². The van der Waals surface area contributed by atoms with Gasteiger partial charge >= 0.3 is 0 Å². The Morgan fingerprint density at radius 3 is 2.59 bits per heavy atom. The van der Waals surface area contributed by atoms with E-state index in [9.17, 15) is 4.79 Å². The number of carbonyl (C=O) groups excluding carboxylic acids is 1. The molecule has 0 spiro atoms. The maximum absolute atomic E-state index is 12.5. The molecule has 0 unspecified atom stereocenters. The van der Waals surface area contributed by atoms with Crippen molar-refractivity contribution in [1.29, 1.82) is 0 Å². The molecule has 6 heteroatoms. The first-order chi connectivity index (χ1) is 14.1. The summed E-state index contributed by atoms with van der Waals surface area (Å²) in [6.45, 7) is 4.60. The van der Waals surface area contributed by atoms with E-state index in [-0.39, 0.29) is 5.91 Å². The third-order valence-electron chi connectivity index (χ3n) is 4.78. The van der Waals surface area contributed by atoms with Crippen molar-refractivity contribution in [2.75, 3.05) is 13.2 Å². The highest BCUT2D eigenvalue weighted by Crippen LogP contribution is 2.24. The Labute approximate surface area is 169 Å². The zero-order valence-electron chi connectivity index (χ0n) is 16.4. The molecule has 4 aromatic rings. The highest BCUT2D eigenvalue weighted by atomic mass is 16.5. The molecule has 1 heterocycles. The van der Waals surface area contributed by atoms with Crippen LogP contribution in [0.3, 0.4) is 0 Å². The van der Waals surface area contributed by atoms with Crippen molar-refractivity contribution < 1.29 is 9.53 Å². The van der Waals surface area contributed by atoms with E-state index in [1.807, 2.05) is 80.6 Å². The van der Waals surface area contributed by atoms with Crippen LogP contribution >= 0.6 is 0 Å². The van der Waals surface area contributed by atoms with Crippen molar-refractivity contribution in [3.05, 3.63) is 83.7 Å². The number of ether oxygens (including phenoxy) is 1. The van der Waals surface area contributed by atoms with E-state index in [1.54, 1.807) is 4.68 Å². The van der Waals surface area contributed by atoms with E-state index in [1.165, 1.54) is 0 Å². The van der Waals surface area contributed by atoms with Crippen molar-refractivity contribution in [2.45, 2.75) is 13.8 Å². The van der Waals surface area contributed by atoms with E-state index >= 15 is 0 Å². The van der Waals surface area contributed by atoms with Gasteiger partial charge in [-0.25, -0.2) is 4.68 Å². The molecular weight excluding hydrogens is 364 g/mol. The Hall–Kier alpha value is -3.67. The zero-order valence-corrected chi connectivity index (χ0v) is 16.4. The van der Waals surface area contributed by atoms with Crippen molar-refractivity contribution in [2.24, 2.45) is 0 Å². The Bertz CT molecular complexity index is 1140. The van der Waals surface area contributed by atoms with Gasteiger partial charge in [0.25, 0.3) is 5.91 Å². The zero-order chi connectivity index (χ0) is 20.2. The minimum absolute atomic E-state index is 0.262. The molecule has 0 saturated heterocycles. The topological polar surface area (TPSA) is 69.0 Å². The van der Waals surface area contributed by atoms with E-state index < -0.39 is 0 Å². The van der Waals surface area contributed by atoms with Crippen molar-refractivity contribution >= 4 is 16.7 Å². The molecule has 0 saturated carbocycles. The van der Waals surface area contributed by atoms with Crippen LogP contribution in [0.4, 0.5) is 0 Å². The first-order valence-corrected chi connectivity index (χ1v) is 9.51. The normalized spacial score (nSPS) is 10.8. The molecule has 0 aliphatic rings. The predicted octanol–water partition coefficient (Wildman–Crippen LogP) is 3.85. The first kappa shape index (κ1) is 18.7. The van der Waals surface area contributed by atoms with Crippen LogP contribution in [-0.2, 0) is 0 Å². The summed E-state index contributed by atoms with van der Waals surface area (Å²) >= 11 is 0. The number of carbonyl (C=O) groups is 1. The minimum Gasteiger partial charge on any atom is -0.491 e. The summed E-state index contributed by atoms with van der Waals surface area (Å²) in [6, 6.07) is 21.9.